The number of anilines is 1. The monoisotopic (exact) mass is 198 g/mol. The van der Waals surface area contributed by atoms with Gasteiger partial charge in [-0.3, -0.25) is 5.43 Å². The van der Waals surface area contributed by atoms with Crippen LogP contribution < -0.4 is 5.43 Å². The van der Waals surface area contributed by atoms with Gasteiger partial charge in [-0.1, -0.05) is 0 Å². The minimum absolute atomic E-state index is 0.166. The molecule has 2 heterocycles. The number of ether oxygens (including phenoxy) is 1. The Balaban J connectivity index is 1.95. The molecule has 0 saturated carbocycles. The highest BCUT2D eigenvalue weighted by Crippen LogP contribution is 2.01. The lowest BCUT2D eigenvalue weighted by Gasteiger charge is -2.26. The lowest BCUT2D eigenvalue weighted by atomic mass is 10.5. The molecule has 0 aromatic carbocycles. The minimum Gasteiger partial charge on any atom is -0.379 e. The Morgan fingerprint density at radius 3 is 2.86 bits per heavy atom. The molecule has 6 nitrogen and oxygen atoms in total. The van der Waals surface area contributed by atoms with Gasteiger partial charge in [0.25, 0.3) is 0 Å². The molecular formula is C7H9FN5O. The Hall–Kier alpha value is -1.34. The number of hydrogen-bond donors (Lipinski definition) is 1. The van der Waals surface area contributed by atoms with Gasteiger partial charge in [-0.25, -0.2) is 5.01 Å². The highest BCUT2D eigenvalue weighted by molar-refractivity contribution is 5.18. The normalized spacial score (nSPS) is 18.1. The van der Waals surface area contributed by atoms with Gasteiger partial charge in [0.1, 0.15) is 0 Å². The topological polar surface area (TPSA) is 63.2 Å². The maximum Gasteiger partial charge on any atom is 0.314 e. The van der Waals surface area contributed by atoms with Gasteiger partial charge < -0.3 is 4.74 Å². The van der Waals surface area contributed by atoms with E-state index in [2.05, 4.69) is 26.7 Å². The van der Waals surface area contributed by atoms with Crippen LogP contribution in [0.5, 0.6) is 0 Å². The summed E-state index contributed by atoms with van der Waals surface area (Å²) in [5.41, 5.74) is 2.84. The summed E-state index contributed by atoms with van der Waals surface area (Å²) in [7, 11) is 0. The molecule has 14 heavy (non-hydrogen) atoms. The fourth-order valence-electron chi connectivity index (χ4n) is 1.12. The summed E-state index contributed by atoms with van der Waals surface area (Å²) < 4.78 is 17.7. The summed E-state index contributed by atoms with van der Waals surface area (Å²) >= 11 is 0. The molecule has 2 rings (SSSR count). The molecule has 1 radical (unpaired) electrons. The molecule has 1 N–H and O–H groups in total. The summed E-state index contributed by atoms with van der Waals surface area (Å²) in [5.74, 6) is 0.166. The van der Waals surface area contributed by atoms with Crippen molar-refractivity contribution in [3.8, 4) is 0 Å². The van der Waals surface area contributed by atoms with Crippen molar-refractivity contribution in [1.82, 2.24) is 20.0 Å². The summed E-state index contributed by atoms with van der Waals surface area (Å²) in [6.45, 7) is 2.72. The van der Waals surface area contributed by atoms with Crippen LogP contribution in [0.15, 0.2) is 0 Å². The van der Waals surface area contributed by atoms with E-state index in [4.69, 9.17) is 4.74 Å². The molecule has 0 atom stereocenters. The first-order valence-corrected chi connectivity index (χ1v) is 4.21. The Morgan fingerprint density at radius 2 is 2.14 bits per heavy atom. The predicted molar refractivity (Wildman–Crippen MR) is 44.6 cm³/mol. The van der Waals surface area contributed by atoms with Crippen molar-refractivity contribution in [1.29, 1.82) is 0 Å². The first kappa shape index (κ1) is 9.22. The third kappa shape index (κ3) is 2.33. The number of morpholine rings is 1. The fraction of sp³-hybridized carbons (Fsp3) is 0.571. The molecule has 0 amide bonds. The van der Waals surface area contributed by atoms with Crippen molar-refractivity contribution in [2.24, 2.45) is 0 Å². The van der Waals surface area contributed by atoms with Crippen LogP contribution in [0.4, 0.5) is 10.3 Å². The quantitative estimate of drug-likeness (QED) is 0.689. The van der Waals surface area contributed by atoms with Crippen LogP contribution in [0, 0.1) is 12.4 Å². The second-order valence-electron chi connectivity index (χ2n) is 2.74. The molecule has 1 aromatic heterocycles. The average Bonchev–Trinajstić information content (AvgIpc) is 2.19. The zero-order chi connectivity index (χ0) is 9.80. The van der Waals surface area contributed by atoms with E-state index in [9.17, 15) is 4.39 Å². The SMILES string of the molecule is Fc1n[c]nc(NN2CCOCC2)n1. The number of hydrazine groups is 1. The highest BCUT2D eigenvalue weighted by atomic mass is 19.1. The van der Waals surface area contributed by atoms with Gasteiger partial charge in [0, 0.05) is 13.1 Å². The van der Waals surface area contributed by atoms with Gasteiger partial charge in [0.05, 0.1) is 13.2 Å². The second kappa shape index (κ2) is 4.25. The van der Waals surface area contributed by atoms with Crippen molar-refractivity contribution < 1.29 is 9.13 Å². The van der Waals surface area contributed by atoms with Gasteiger partial charge in [-0.05, 0) is 0 Å². The van der Waals surface area contributed by atoms with E-state index in [0.29, 0.717) is 26.3 Å². The average molecular weight is 198 g/mol. The van der Waals surface area contributed by atoms with E-state index < -0.39 is 6.08 Å². The fourth-order valence-corrected chi connectivity index (χ4v) is 1.12. The van der Waals surface area contributed by atoms with Gasteiger partial charge in [-0.2, -0.15) is 19.3 Å². The Bertz CT molecular complexity index is 304. The highest BCUT2D eigenvalue weighted by Gasteiger charge is 2.11. The number of rotatable bonds is 2. The molecule has 0 bridgehead atoms. The molecule has 1 saturated heterocycles. The van der Waals surface area contributed by atoms with Crippen LogP contribution in [-0.2, 0) is 4.74 Å². The summed E-state index contributed by atoms with van der Waals surface area (Å²) in [5, 5.41) is 1.85. The largest absolute Gasteiger partial charge is 0.379 e. The zero-order valence-electron chi connectivity index (χ0n) is 7.40. The molecule has 1 aliphatic rings. The van der Waals surface area contributed by atoms with Crippen molar-refractivity contribution in [3.63, 3.8) is 0 Å². The standard InChI is InChI=1S/C7H9FN5O/c8-6-9-5-10-7(11-6)12-13-1-3-14-4-2-13/h1-4H2,(H,9,10,11,12). The molecule has 1 aromatic rings. The van der Waals surface area contributed by atoms with Crippen LogP contribution >= 0.6 is 0 Å². The van der Waals surface area contributed by atoms with Crippen LogP contribution in [0.1, 0.15) is 0 Å². The minimum atomic E-state index is -0.837. The van der Waals surface area contributed by atoms with E-state index >= 15 is 0 Å². The third-order valence-corrected chi connectivity index (χ3v) is 1.77. The predicted octanol–water partition coefficient (Wildman–Crippen LogP) is -0.530. The third-order valence-electron chi connectivity index (χ3n) is 1.77. The van der Waals surface area contributed by atoms with Gasteiger partial charge in [0.2, 0.25) is 12.3 Å². The molecule has 0 unspecified atom stereocenters. The number of aromatic nitrogens is 3. The van der Waals surface area contributed by atoms with Crippen LogP contribution in [-0.4, -0.2) is 46.3 Å². The van der Waals surface area contributed by atoms with Gasteiger partial charge in [-0.15, -0.1) is 0 Å². The Labute approximate surface area is 80.1 Å². The first-order chi connectivity index (χ1) is 6.84. The van der Waals surface area contributed by atoms with Gasteiger partial charge >= 0.3 is 6.08 Å². The number of hydrogen-bond acceptors (Lipinski definition) is 6. The second-order valence-corrected chi connectivity index (χ2v) is 2.74. The van der Waals surface area contributed by atoms with Crippen molar-refractivity contribution >= 4 is 5.95 Å². The molecule has 0 spiro atoms. The van der Waals surface area contributed by atoms with Crippen molar-refractivity contribution in [2.45, 2.75) is 0 Å². The lowest BCUT2D eigenvalue weighted by molar-refractivity contribution is 0.0492. The molecule has 7 heteroatoms. The summed E-state index contributed by atoms with van der Waals surface area (Å²) in [6, 6.07) is 0. The lowest BCUT2D eigenvalue weighted by Crippen LogP contribution is -2.40. The Kier molecular flexibility index (Phi) is 2.80. The van der Waals surface area contributed by atoms with Crippen LogP contribution in [0.2, 0.25) is 0 Å². The van der Waals surface area contributed by atoms with E-state index in [1.165, 1.54) is 0 Å². The summed E-state index contributed by atoms with van der Waals surface area (Å²) in [6.07, 6.45) is 1.32. The maximum atomic E-state index is 12.5. The van der Waals surface area contributed by atoms with Crippen molar-refractivity contribution in [2.75, 3.05) is 31.7 Å². The number of halogens is 1. The maximum absolute atomic E-state index is 12.5. The van der Waals surface area contributed by atoms with E-state index in [1.807, 2.05) is 5.01 Å². The first-order valence-electron chi connectivity index (χ1n) is 4.21. The van der Waals surface area contributed by atoms with Gasteiger partial charge in [0.15, 0.2) is 0 Å². The number of nitrogens with zero attached hydrogens (tertiary/aromatic N) is 4. The smallest absolute Gasteiger partial charge is 0.314 e. The van der Waals surface area contributed by atoms with E-state index in [-0.39, 0.29) is 5.95 Å². The van der Waals surface area contributed by atoms with E-state index in [0.717, 1.165) is 0 Å². The molecule has 0 aliphatic carbocycles. The summed E-state index contributed by atoms with van der Waals surface area (Å²) in [4.78, 5) is 10.2. The van der Waals surface area contributed by atoms with Crippen molar-refractivity contribution in [3.05, 3.63) is 12.4 Å². The Morgan fingerprint density at radius 1 is 1.36 bits per heavy atom. The zero-order valence-corrected chi connectivity index (χ0v) is 7.40. The van der Waals surface area contributed by atoms with Crippen LogP contribution in [0.25, 0.3) is 0 Å². The number of nitrogens with one attached hydrogen (secondary N) is 1. The molecule has 1 fully saturated rings. The molecular weight excluding hydrogens is 189 g/mol. The van der Waals surface area contributed by atoms with Crippen LogP contribution in [0.3, 0.4) is 0 Å². The molecule has 1 aliphatic heterocycles. The van der Waals surface area contributed by atoms with E-state index in [1.54, 1.807) is 0 Å². The molecule has 75 valence electrons.